The highest BCUT2D eigenvalue weighted by Crippen LogP contribution is 2.29. The molecule has 3 nitrogen and oxygen atoms in total. The van der Waals surface area contributed by atoms with Crippen molar-refractivity contribution in [1.82, 2.24) is 5.32 Å². The zero-order valence-corrected chi connectivity index (χ0v) is 12.6. The van der Waals surface area contributed by atoms with Crippen molar-refractivity contribution in [3.63, 3.8) is 0 Å². The molecule has 1 aliphatic rings. The maximum Gasteiger partial charge on any atom is 0.245 e. The highest BCUT2D eigenvalue weighted by Gasteiger charge is 2.37. The van der Waals surface area contributed by atoms with Gasteiger partial charge in [0.15, 0.2) is 0 Å². The van der Waals surface area contributed by atoms with Gasteiger partial charge in [-0.25, -0.2) is 0 Å². The molecule has 1 N–H and O–H groups in total. The van der Waals surface area contributed by atoms with Gasteiger partial charge in [0.05, 0.1) is 0 Å². The summed E-state index contributed by atoms with van der Waals surface area (Å²) in [5.41, 5.74) is 2.11. The summed E-state index contributed by atoms with van der Waals surface area (Å²) in [6.45, 7) is 12.1. The second-order valence-corrected chi connectivity index (χ2v) is 6.76. The summed E-state index contributed by atoms with van der Waals surface area (Å²) >= 11 is 0. The average Bonchev–Trinajstić information content (AvgIpc) is 2.32. The highest BCUT2D eigenvalue weighted by atomic mass is 16.2. The van der Waals surface area contributed by atoms with Gasteiger partial charge in [0, 0.05) is 18.8 Å². The summed E-state index contributed by atoms with van der Waals surface area (Å²) in [6.07, 6.45) is 0. The van der Waals surface area contributed by atoms with Crippen LogP contribution < -0.4 is 10.2 Å². The van der Waals surface area contributed by atoms with Gasteiger partial charge in [-0.2, -0.15) is 0 Å². The molecular weight excluding hydrogens is 236 g/mol. The van der Waals surface area contributed by atoms with Crippen LogP contribution >= 0.6 is 0 Å². The molecule has 0 bridgehead atoms. The Morgan fingerprint density at radius 3 is 2.26 bits per heavy atom. The van der Waals surface area contributed by atoms with Crippen LogP contribution in [-0.4, -0.2) is 24.5 Å². The lowest BCUT2D eigenvalue weighted by atomic mass is 9.87. The number of piperazine rings is 1. The Balaban J connectivity index is 2.29. The van der Waals surface area contributed by atoms with Crippen LogP contribution in [0.15, 0.2) is 24.3 Å². The smallest absolute Gasteiger partial charge is 0.245 e. The second-order valence-electron chi connectivity index (χ2n) is 6.76. The molecule has 0 aliphatic carbocycles. The van der Waals surface area contributed by atoms with Crippen LogP contribution in [0.3, 0.4) is 0 Å². The number of nitrogens with zero attached hydrogens (tertiary/aromatic N) is 1. The highest BCUT2D eigenvalue weighted by molar-refractivity contribution is 5.90. The van der Waals surface area contributed by atoms with Crippen molar-refractivity contribution in [3.05, 3.63) is 29.8 Å². The topological polar surface area (TPSA) is 32.3 Å². The van der Waals surface area contributed by atoms with E-state index in [9.17, 15) is 4.79 Å². The van der Waals surface area contributed by atoms with Crippen LogP contribution in [0.1, 0.15) is 40.2 Å². The Morgan fingerprint density at radius 2 is 1.74 bits per heavy atom. The fourth-order valence-electron chi connectivity index (χ4n) is 2.49. The van der Waals surface area contributed by atoms with Gasteiger partial charge in [0.25, 0.3) is 0 Å². The molecule has 0 atom stereocenters. The second kappa shape index (κ2) is 4.55. The number of benzene rings is 1. The molecule has 3 heteroatoms. The first kappa shape index (κ1) is 13.9. The fraction of sp³-hybridized carbons (Fsp3) is 0.562. The third kappa shape index (κ3) is 2.60. The van der Waals surface area contributed by atoms with Crippen molar-refractivity contribution in [2.24, 2.45) is 0 Å². The quantitative estimate of drug-likeness (QED) is 0.842. The number of amides is 1. The molecule has 1 heterocycles. The minimum Gasteiger partial charge on any atom is -0.356 e. The molecule has 1 aromatic rings. The Labute approximate surface area is 116 Å². The number of hydrogen-bond donors (Lipinski definition) is 1. The molecule has 0 saturated carbocycles. The summed E-state index contributed by atoms with van der Waals surface area (Å²) in [5.74, 6) is 0.0960. The van der Waals surface area contributed by atoms with E-state index < -0.39 is 5.54 Å². The maximum atomic E-state index is 12.0. The molecule has 19 heavy (non-hydrogen) atoms. The number of hydrogen-bond acceptors (Lipinski definition) is 2. The fourth-order valence-corrected chi connectivity index (χ4v) is 2.49. The molecule has 1 fully saturated rings. The lowest BCUT2D eigenvalue weighted by Gasteiger charge is -2.43. The summed E-state index contributed by atoms with van der Waals surface area (Å²) in [7, 11) is 0. The predicted molar refractivity (Wildman–Crippen MR) is 79.6 cm³/mol. The van der Waals surface area contributed by atoms with Crippen LogP contribution in [0.5, 0.6) is 0 Å². The Morgan fingerprint density at radius 1 is 1.16 bits per heavy atom. The Bertz CT molecular complexity index is 469. The molecular formula is C16H24N2O. The van der Waals surface area contributed by atoms with Crippen molar-refractivity contribution in [3.8, 4) is 0 Å². The van der Waals surface area contributed by atoms with E-state index in [1.807, 2.05) is 13.8 Å². The van der Waals surface area contributed by atoms with E-state index in [0.29, 0.717) is 6.54 Å². The van der Waals surface area contributed by atoms with E-state index in [-0.39, 0.29) is 11.3 Å². The lowest BCUT2D eigenvalue weighted by Crippen LogP contribution is -2.62. The molecule has 1 aromatic carbocycles. The van der Waals surface area contributed by atoms with Gasteiger partial charge in [0.1, 0.15) is 5.54 Å². The number of rotatable bonds is 1. The summed E-state index contributed by atoms with van der Waals surface area (Å²) in [5, 5.41) is 2.93. The van der Waals surface area contributed by atoms with E-state index in [2.05, 4.69) is 55.3 Å². The largest absolute Gasteiger partial charge is 0.356 e. The summed E-state index contributed by atoms with van der Waals surface area (Å²) in [6, 6.07) is 8.58. The third-order valence-corrected chi connectivity index (χ3v) is 3.90. The molecule has 0 unspecified atom stereocenters. The molecule has 0 radical (unpaired) electrons. The van der Waals surface area contributed by atoms with Crippen LogP contribution in [-0.2, 0) is 10.2 Å². The van der Waals surface area contributed by atoms with Crippen LogP contribution in [0.4, 0.5) is 5.69 Å². The summed E-state index contributed by atoms with van der Waals surface area (Å²) in [4.78, 5) is 14.2. The Hall–Kier alpha value is -1.51. The zero-order valence-electron chi connectivity index (χ0n) is 12.6. The standard InChI is InChI=1S/C16H24N2O/c1-15(2,3)12-6-8-13(9-7-12)18-11-10-17-14(19)16(18,4)5/h6-9H,10-11H2,1-5H3,(H,17,19). The third-order valence-electron chi connectivity index (χ3n) is 3.90. The first-order chi connectivity index (χ1) is 8.73. The van der Waals surface area contributed by atoms with E-state index in [0.717, 1.165) is 12.2 Å². The number of carbonyl (C=O) groups is 1. The predicted octanol–water partition coefficient (Wildman–Crippen LogP) is 2.70. The first-order valence-electron chi connectivity index (χ1n) is 6.89. The minimum atomic E-state index is -0.485. The normalized spacial score (nSPS) is 19.2. The monoisotopic (exact) mass is 260 g/mol. The molecule has 0 aromatic heterocycles. The van der Waals surface area contributed by atoms with Crippen LogP contribution in [0, 0.1) is 0 Å². The number of nitrogens with one attached hydrogen (secondary N) is 1. The van der Waals surface area contributed by atoms with E-state index in [4.69, 9.17) is 0 Å². The van der Waals surface area contributed by atoms with Gasteiger partial charge in [-0.3, -0.25) is 4.79 Å². The number of carbonyl (C=O) groups excluding carboxylic acids is 1. The van der Waals surface area contributed by atoms with Crippen LogP contribution in [0.25, 0.3) is 0 Å². The molecule has 2 rings (SSSR count). The lowest BCUT2D eigenvalue weighted by molar-refractivity contribution is -0.126. The van der Waals surface area contributed by atoms with Gasteiger partial charge in [-0.15, -0.1) is 0 Å². The molecule has 0 spiro atoms. The van der Waals surface area contributed by atoms with Crippen molar-refractivity contribution >= 4 is 11.6 Å². The molecule has 1 saturated heterocycles. The van der Waals surface area contributed by atoms with Crippen molar-refractivity contribution in [1.29, 1.82) is 0 Å². The molecule has 1 aliphatic heterocycles. The van der Waals surface area contributed by atoms with Crippen molar-refractivity contribution < 1.29 is 4.79 Å². The average molecular weight is 260 g/mol. The van der Waals surface area contributed by atoms with E-state index >= 15 is 0 Å². The van der Waals surface area contributed by atoms with Crippen molar-refractivity contribution in [2.45, 2.75) is 45.6 Å². The molecule has 1 amide bonds. The Kier molecular flexibility index (Phi) is 3.33. The van der Waals surface area contributed by atoms with Gasteiger partial charge < -0.3 is 10.2 Å². The summed E-state index contributed by atoms with van der Waals surface area (Å²) < 4.78 is 0. The minimum absolute atomic E-state index is 0.0960. The maximum absolute atomic E-state index is 12.0. The zero-order chi connectivity index (χ0) is 14.3. The van der Waals surface area contributed by atoms with Gasteiger partial charge >= 0.3 is 0 Å². The van der Waals surface area contributed by atoms with Crippen molar-refractivity contribution in [2.75, 3.05) is 18.0 Å². The van der Waals surface area contributed by atoms with E-state index in [1.165, 1.54) is 5.56 Å². The van der Waals surface area contributed by atoms with Gasteiger partial charge in [-0.1, -0.05) is 32.9 Å². The SMILES string of the molecule is CC(C)(C)c1ccc(N2CCNC(=O)C2(C)C)cc1. The van der Waals surface area contributed by atoms with Gasteiger partial charge in [0.2, 0.25) is 5.91 Å². The van der Waals surface area contributed by atoms with Gasteiger partial charge in [-0.05, 0) is 37.0 Å². The van der Waals surface area contributed by atoms with Crippen LogP contribution in [0.2, 0.25) is 0 Å². The number of anilines is 1. The first-order valence-corrected chi connectivity index (χ1v) is 6.89. The van der Waals surface area contributed by atoms with E-state index in [1.54, 1.807) is 0 Å². The molecule has 104 valence electrons.